The van der Waals surface area contributed by atoms with E-state index in [2.05, 4.69) is 0 Å². The number of carbonyl (C=O) groups excluding carboxylic acids is 1. The lowest BCUT2D eigenvalue weighted by molar-refractivity contribution is -0.129. The van der Waals surface area contributed by atoms with Crippen LogP contribution in [0.3, 0.4) is 0 Å². The van der Waals surface area contributed by atoms with E-state index in [0.717, 1.165) is 5.56 Å². The zero-order valence-corrected chi connectivity index (χ0v) is 12.5. The lowest BCUT2D eigenvalue weighted by Gasteiger charge is -2.19. The van der Waals surface area contributed by atoms with Crippen LogP contribution in [0.4, 0.5) is 0 Å². The lowest BCUT2D eigenvalue weighted by atomic mass is 10.1. The maximum atomic E-state index is 12.1. The zero-order chi connectivity index (χ0) is 15.1. The highest BCUT2D eigenvalue weighted by Crippen LogP contribution is 2.25. The van der Waals surface area contributed by atoms with Crippen LogP contribution in [0.15, 0.2) is 18.2 Å². The number of nitrogens with zero attached hydrogens (tertiary/aromatic N) is 1. The molecule has 0 bridgehead atoms. The highest BCUT2D eigenvalue weighted by Gasteiger charge is 2.14. The number of hydrogen-bond acceptors (Lipinski definition) is 4. The van der Waals surface area contributed by atoms with Crippen LogP contribution in [-0.2, 0) is 11.2 Å². The molecule has 1 atom stereocenters. The molecule has 1 rings (SSSR count). The van der Waals surface area contributed by atoms with Gasteiger partial charge in [0.2, 0.25) is 5.91 Å². The molecule has 1 aromatic carbocycles. The summed E-state index contributed by atoms with van der Waals surface area (Å²) in [5.41, 5.74) is 0.821. The Bertz CT molecular complexity index is 445. The molecule has 0 aromatic heterocycles. The maximum absolute atomic E-state index is 12.1. The quantitative estimate of drug-likeness (QED) is 0.822. The molecule has 0 aliphatic rings. The Labute approximate surface area is 120 Å². The number of likely N-dealkylation sites (N-methyl/N-ethyl adjacent to an activating group) is 1. The van der Waals surface area contributed by atoms with E-state index in [1.165, 1.54) is 0 Å². The van der Waals surface area contributed by atoms with Gasteiger partial charge in [0.15, 0.2) is 0 Å². The van der Waals surface area contributed by atoms with Gasteiger partial charge in [-0.3, -0.25) is 4.79 Å². The third-order valence-electron chi connectivity index (χ3n) is 3.14. The minimum Gasteiger partial charge on any atom is -0.497 e. The van der Waals surface area contributed by atoms with Gasteiger partial charge in [0.05, 0.1) is 26.7 Å². The molecule has 0 aliphatic heterocycles. The fourth-order valence-corrected chi connectivity index (χ4v) is 1.80. The predicted octanol–water partition coefficient (Wildman–Crippen LogP) is 1.48. The minimum atomic E-state index is -0.402. The number of carbonyl (C=O) groups is 1. The molecule has 1 unspecified atom stereocenters. The van der Waals surface area contributed by atoms with Crippen molar-refractivity contribution in [1.29, 1.82) is 0 Å². The van der Waals surface area contributed by atoms with Gasteiger partial charge >= 0.3 is 0 Å². The van der Waals surface area contributed by atoms with Crippen LogP contribution < -0.4 is 9.47 Å². The molecule has 1 N–H and O–H groups in total. The van der Waals surface area contributed by atoms with Gasteiger partial charge in [-0.25, -0.2) is 0 Å². The highest BCUT2D eigenvalue weighted by molar-refractivity contribution is 5.79. The molecule has 112 valence electrons. The van der Waals surface area contributed by atoms with Crippen molar-refractivity contribution in [2.24, 2.45) is 0 Å². The molecule has 5 nitrogen and oxygen atoms in total. The summed E-state index contributed by atoms with van der Waals surface area (Å²) in [6.45, 7) is 2.25. The number of hydrogen-bond donors (Lipinski definition) is 1. The van der Waals surface area contributed by atoms with Crippen molar-refractivity contribution in [3.05, 3.63) is 23.8 Å². The molecule has 0 heterocycles. The van der Waals surface area contributed by atoms with Crippen LogP contribution in [0.1, 0.15) is 18.9 Å². The summed E-state index contributed by atoms with van der Waals surface area (Å²) < 4.78 is 10.4. The van der Waals surface area contributed by atoms with Crippen molar-refractivity contribution in [1.82, 2.24) is 4.90 Å². The van der Waals surface area contributed by atoms with Gasteiger partial charge in [0.25, 0.3) is 0 Å². The summed E-state index contributed by atoms with van der Waals surface area (Å²) in [6.07, 6.45) is 0.437. The van der Waals surface area contributed by atoms with Crippen LogP contribution in [-0.4, -0.2) is 49.8 Å². The second-order valence-corrected chi connectivity index (χ2v) is 4.81. The summed E-state index contributed by atoms with van der Waals surface area (Å²) in [7, 11) is 4.89. The first-order chi connectivity index (χ1) is 9.47. The van der Waals surface area contributed by atoms with Gasteiger partial charge in [-0.2, -0.15) is 0 Å². The number of rotatable bonds is 7. The Balaban J connectivity index is 2.69. The SMILES string of the molecule is COc1ccc(CC(=O)N(C)CCC(C)O)c(OC)c1. The Kier molecular flexibility index (Phi) is 6.31. The van der Waals surface area contributed by atoms with E-state index in [9.17, 15) is 9.90 Å². The molecule has 0 saturated carbocycles. The number of aliphatic hydroxyl groups excluding tert-OH is 1. The molecule has 0 fully saturated rings. The van der Waals surface area contributed by atoms with Gasteiger partial charge in [0.1, 0.15) is 11.5 Å². The number of ether oxygens (including phenoxy) is 2. The smallest absolute Gasteiger partial charge is 0.226 e. The molecule has 5 heteroatoms. The van der Waals surface area contributed by atoms with Crippen molar-refractivity contribution in [3.63, 3.8) is 0 Å². The van der Waals surface area contributed by atoms with E-state index in [0.29, 0.717) is 24.5 Å². The molecule has 0 aliphatic carbocycles. The van der Waals surface area contributed by atoms with Gasteiger partial charge in [-0.1, -0.05) is 6.07 Å². The van der Waals surface area contributed by atoms with Crippen molar-refractivity contribution in [2.45, 2.75) is 25.9 Å². The first-order valence-corrected chi connectivity index (χ1v) is 6.60. The van der Waals surface area contributed by atoms with Crippen LogP contribution in [0.5, 0.6) is 11.5 Å². The highest BCUT2D eigenvalue weighted by atomic mass is 16.5. The average Bonchev–Trinajstić information content (AvgIpc) is 2.44. The van der Waals surface area contributed by atoms with Gasteiger partial charge in [0, 0.05) is 25.2 Å². The minimum absolute atomic E-state index is 0.00545. The molecular weight excluding hydrogens is 258 g/mol. The number of benzene rings is 1. The number of aliphatic hydroxyl groups is 1. The first-order valence-electron chi connectivity index (χ1n) is 6.60. The van der Waals surface area contributed by atoms with E-state index >= 15 is 0 Å². The van der Waals surface area contributed by atoms with Crippen LogP contribution >= 0.6 is 0 Å². The van der Waals surface area contributed by atoms with E-state index in [1.807, 2.05) is 6.07 Å². The van der Waals surface area contributed by atoms with Crippen molar-refractivity contribution < 1.29 is 19.4 Å². The van der Waals surface area contributed by atoms with E-state index in [4.69, 9.17) is 9.47 Å². The normalized spacial score (nSPS) is 11.8. The first kappa shape index (κ1) is 16.3. The summed E-state index contributed by atoms with van der Waals surface area (Å²) in [6, 6.07) is 5.40. The van der Waals surface area contributed by atoms with Crippen molar-refractivity contribution in [3.8, 4) is 11.5 Å². The monoisotopic (exact) mass is 281 g/mol. The maximum Gasteiger partial charge on any atom is 0.226 e. The van der Waals surface area contributed by atoms with Crippen molar-refractivity contribution >= 4 is 5.91 Å². The third kappa shape index (κ3) is 4.74. The molecule has 0 saturated heterocycles. The number of methoxy groups -OCH3 is 2. The van der Waals surface area contributed by atoms with Crippen LogP contribution in [0.2, 0.25) is 0 Å². The molecule has 0 spiro atoms. The van der Waals surface area contributed by atoms with Crippen LogP contribution in [0.25, 0.3) is 0 Å². The molecule has 20 heavy (non-hydrogen) atoms. The predicted molar refractivity (Wildman–Crippen MR) is 77.2 cm³/mol. The van der Waals surface area contributed by atoms with E-state index in [1.54, 1.807) is 45.2 Å². The summed E-state index contributed by atoms with van der Waals surface area (Å²) in [4.78, 5) is 13.7. The summed E-state index contributed by atoms with van der Waals surface area (Å²) >= 11 is 0. The van der Waals surface area contributed by atoms with Crippen LogP contribution in [0, 0.1) is 0 Å². The van der Waals surface area contributed by atoms with E-state index in [-0.39, 0.29) is 12.3 Å². The molecule has 1 amide bonds. The van der Waals surface area contributed by atoms with Crippen molar-refractivity contribution in [2.75, 3.05) is 27.8 Å². The molecule has 1 aromatic rings. The van der Waals surface area contributed by atoms with Gasteiger partial charge < -0.3 is 19.5 Å². The summed E-state index contributed by atoms with van der Waals surface area (Å²) in [5.74, 6) is 1.33. The van der Waals surface area contributed by atoms with Gasteiger partial charge in [-0.15, -0.1) is 0 Å². The zero-order valence-electron chi connectivity index (χ0n) is 12.5. The second kappa shape index (κ2) is 7.75. The second-order valence-electron chi connectivity index (χ2n) is 4.81. The largest absolute Gasteiger partial charge is 0.497 e. The Hall–Kier alpha value is -1.75. The molecule has 0 radical (unpaired) electrons. The fourth-order valence-electron chi connectivity index (χ4n) is 1.80. The third-order valence-corrected chi connectivity index (χ3v) is 3.14. The Morgan fingerprint density at radius 3 is 2.60 bits per heavy atom. The Morgan fingerprint density at radius 2 is 2.05 bits per heavy atom. The topological polar surface area (TPSA) is 59.0 Å². The van der Waals surface area contributed by atoms with E-state index < -0.39 is 6.10 Å². The average molecular weight is 281 g/mol. The molecular formula is C15H23NO4. The lowest BCUT2D eigenvalue weighted by Crippen LogP contribution is -2.30. The standard InChI is InChI=1S/C15H23NO4/c1-11(17)7-8-16(2)15(18)9-12-5-6-13(19-3)10-14(12)20-4/h5-6,10-11,17H,7-9H2,1-4H3. The number of amides is 1. The van der Waals surface area contributed by atoms with Gasteiger partial charge in [-0.05, 0) is 19.4 Å². The Morgan fingerprint density at radius 1 is 1.35 bits per heavy atom. The fraction of sp³-hybridized carbons (Fsp3) is 0.533. The summed E-state index contributed by atoms with van der Waals surface area (Å²) in [5, 5.41) is 9.24.